The maximum Gasteiger partial charge on any atom is 0.335 e. The van der Waals surface area contributed by atoms with Gasteiger partial charge >= 0.3 is 5.97 Å². The molecule has 0 bridgehead atoms. The highest BCUT2D eigenvalue weighted by atomic mass is 32.2. The van der Waals surface area contributed by atoms with Crippen LogP contribution in [0.5, 0.6) is 5.88 Å². The number of nitrogens with zero attached hydrogens (tertiary/aromatic N) is 4. The lowest BCUT2D eigenvalue weighted by molar-refractivity contribution is 0.0697. The van der Waals surface area contributed by atoms with Crippen molar-refractivity contribution in [2.45, 2.75) is 31.2 Å². The molecule has 1 N–H and O–H groups in total. The van der Waals surface area contributed by atoms with E-state index in [9.17, 15) is 22.7 Å². The largest absolute Gasteiger partial charge is 0.478 e. The first-order valence-electron chi connectivity index (χ1n) is 13.5. The predicted molar refractivity (Wildman–Crippen MR) is 157 cm³/mol. The fraction of sp³-hybridized carbons (Fsp3) is 0.188. The van der Waals surface area contributed by atoms with Gasteiger partial charge in [-0.15, -0.1) is 0 Å². The second-order valence-corrected chi connectivity index (χ2v) is 12.8. The van der Waals surface area contributed by atoms with Gasteiger partial charge in [-0.25, -0.2) is 27.6 Å². The SMILES string of the molecule is N#Cc1ccc(COc2cccc(-c3ccc(Cc4nc5ccc(C(=O)O)cc5n4C[C@@H]4CCS4(=O)=O)cc3)n2)c(F)c1. The van der Waals surface area contributed by atoms with E-state index in [1.165, 1.54) is 24.3 Å². The summed E-state index contributed by atoms with van der Waals surface area (Å²) in [6.07, 6.45) is 0.976. The lowest BCUT2D eigenvalue weighted by atomic mass is 10.1. The number of sulfone groups is 1. The molecule has 0 aliphatic carbocycles. The van der Waals surface area contributed by atoms with Gasteiger partial charge in [0.25, 0.3) is 0 Å². The highest BCUT2D eigenvalue weighted by Crippen LogP contribution is 2.28. The van der Waals surface area contributed by atoms with Gasteiger partial charge in [-0.2, -0.15) is 5.26 Å². The topological polar surface area (TPSA) is 135 Å². The van der Waals surface area contributed by atoms with Crippen LogP contribution in [-0.2, 0) is 29.4 Å². The van der Waals surface area contributed by atoms with Crippen molar-refractivity contribution in [1.29, 1.82) is 5.26 Å². The number of carboxylic acids is 1. The van der Waals surface area contributed by atoms with Crippen molar-refractivity contribution in [3.63, 3.8) is 0 Å². The Hall–Kier alpha value is -5.08. The average Bonchev–Trinajstić information content (AvgIpc) is 3.34. The molecule has 3 aromatic carbocycles. The van der Waals surface area contributed by atoms with Gasteiger partial charge in [0.2, 0.25) is 5.88 Å². The Bertz CT molecular complexity index is 2020. The van der Waals surface area contributed by atoms with Gasteiger partial charge in [-0.3, -0.25) is 0 Å². The molecular weight excluding hydrogens is 571 g/mol. The minimum atomic E-state index is -3.16. The zero-order valence-electron chi connectivity index (χ0n) is 22.8. The fourth-order valence-corrected chi connectivity index (χ4v) is 6.38. The van der Waals surface area contributed by atoms with Crippen LogP contribution >= 0.6 is 0 Å². The summed E-state index contributed by atoms with van der Waals surface area (Å²) in [5, 5.41) is 17.9. The second-order valence-electron chi connectivity index (χ2n) is 10.4. The summed E-state index contributed by atoms with van der Waals surface area (Å²) >= 11 is 0. The molecule has 1 aliphatic rings. The number of rotatable bonds is 9. The van der Waals surface area contributed by atoms with Crippen LogP contribution < -0.4 is 4.74 Å². The minimum absolute atomic E-state index is 0.0376. The normalized spacial score (nSPS) is 15.5. The summed E-state index contributed by atoms with van der Waals surface area (Å²) in [5.41, 5.74) is 4.29. The number of aromatic carboxylic acids is 1. The number of imidazole rings is 1. The highest BCUT2D eigenvalue weighted by Gasteiger charge is 2.36. The predicted octanol–water partition coefficient (Wildman–Crippen LogP) is 5.16. The zero-order valence-corrected chi connectivity index (χ0v) is 23.6. The van der Waals surface area contributed by atoms with Crippen molar-refractivity contribution < 1.29 is 27.4 Å². The number of fused-ring (bicyclic) bond motifs is 1. The first kappa shape index (κ1) is 28.1. The van der Waals surface area contributed by atoms with Gasteiger partial charge in [0.1, 0.15) is 18.2 Å². The van der Waals surface area contributed by atoms with E-state index in [1.54, 1.807) is 24.3 Å². The van der Waals surface area contributed by atoms with Crippen molar-refractivity contribution in [2.24, 2.45) is 0 Å². The first-order chi connectivity index (χ1) is 20.7. The van der Waals surface area contributed by atoms with E-state index in [1.807, 2.05) is 41.0 Å². The molecule has 0 amide bonds. The van der Waals surface area contributed by atoms with E-state index >= 15 is 0 Å². The lowest BCUT2D eigenvalue weighted by Crippen LogP contribution is -2.40. The number of pyridine rings is 1. The smallest absolute Gasteiger partial charge is 0.335 e. The van der Waals surface area contributed by atoms with Crippen LogP contribution in [0.4, 0.5) is 4.39 Å². The summed E-state index contributed by atoms with van der Waals surface area (Å²) in [5.74, 6) is -0.446. The number of nitriles is 1. The van der Waals surface area contributed by atoms with Crippen LogP contribution in [0.2, 0.25) is 0 Å². The van der Waals surface area contributed by atoms with E-state index in [4.69, 9.17) is 15.0 Å². The third-order valence-corrected chi connectivity index (χ3v) is 9.79. The highest BCUT2D eigenvalue weighted by molar-refractivity contribution is 7.93. The third-order valence-electron chi connectivity index (χ3n) is 7.59. The standard InChI is InChI=1S/C32H25FN4O5S/c33-26-14-21(17-34)6-9-24(26)19-42-31-3-1-2-27(36-31)22-7-4-20(5-8-22)15-30-35-28-11-10-23(32(38)39)16-29(28)37(30)18-25-12-13-43(25,40)41/h1-11,14,16,25H,12-13,15,18-19H2,(H,38,39)/t25-/m0/s1. The van der Waals surface area contributed by atoms with Crippen molar-refractivity contribution in [3.8, 4) is 23.2 Å². The van der Waals surface area contributed by atoms with Gasteiger partial charge in [0.05, 0.1) is 44.9 Å². The molecule has 5 aromatic rings. The molecule has 1 saturated heterocycles. The Morgan fingerprint density at radius 3 is 2.56 bits per heavy atom. The van der Waals surface area contributed by atoms with Gasteiger partial charge in [-0.05, 0) is 48.4 Å². The number of hydrogen-bond acceptors (Lipinski definition) is 7. The molecule has 1 aliphatic heterocycles. The summed E-state index contributed by atoms with van der Waals surface area (Å²) in [4.78, 5) is 20.9. The molecule has 1 fully saturated rings. The molecule has 0 spiro atoms. The molecule has 43 heavy (non-hydrogen) atoms. The van der Waals surface area contributed by atoms with E-state index in [0.29, 0.717) is 46.8 Å². The number of ether oxygens (including phenoxy) is 1. The Labute approximate surface area is 246 Å². The number of carboxylic acid groups (broad SMARTS) is 1. The maximum absolute atomic E-state index is 14.2. The molecule has 216 valence electrons. The molecule has 3 heterocycles. The van der Waals surface area contributed by atoms with Gasteiger partial charge in [-0.1, -0.05) is 36.4 Å². The zero-order chi connectivity index (χ0) is 30.1. The monoisotopic (exact) mass is 596 g/mol. The van der Waals surface area contributed by atoms with Crippen molar-refractivity contribution in [1.82, 2.24) is 14.5 Å². The number of halogens is 1. The van der Waals surface area contributed by atoms with Crippen molar-refractivity contribution in [2.75, 3.05) is 5.75 Å². The van der Waals surface area contributed by atoms with E-state index in [2.05, 4.69) is 4.98 Å². The Kier molecular flexibility index (Phi) is 7.38. The van der Waals surface area contributed by atoms with Gasteiger partial charge in [0, 0.05) is 30.2 Å². The summed E-state index contributed by atoms with van der Waals surface area (Å²) in [7, 11) is -3.16. The molecule has 9 nitrogen and oxygen atoms in total. The first-order valence-corrected chi connectivity index (χ1v) is 15.2. The summed E-state index contributed by atoms with van der Waals surface area (Å²) in [6.45, 7) is 0.183. The molecule has 1 atom stereocenters. The third kappa shape index (κ3) is 5.82. The van der Waals surface area contributed by atoms with Crippen LogP contribution in [0.1, 0.15) is 39.3 Å². The average molecular weight is 597 g/mol. The summed E-state index contributed by atoms with van der Waals surface area (Å²) < 4.78 is 46.4. The number of benzene rings is 3. The molecule has 11 heteroatoms. The Morgan fingerprint density at radius 1 is 1.07 bits per heavy atom. The van der Waals surface area contributed by atoms with Crippen LogP contribution in [0.25, 0.3) is 22.3 Å². The van der Waals surface area contributed by atoms with Gasteiger partial charge in [0.15, 0.2) is 9.84 Å². The Morgan fingerprint density at radius 2 is 1.88 bits per heavy atom. The number of hydrogen-bond donors (Lipinski definition) is 1. The Balaban J connectivity index is 1.21. The van der Waals surface area contributed by atoms with Crippen LogP contribution in [0.3, 0.4) is 0 Å². The van der Waals surface area contributed by atoms with E-state index in [-0.39, 0.29) is 30.0 Å². The van der Waals surface area contributed by atoms with Crippen LogP contribution in [0, 0.1) is 17.1 Å². The number of aromatic nitrogens is 3. The molecule has 6 rings (SSSR count). The van der Waals surface area contributed by atoms with Crippen LogP contribution in [0.15, 0.2) is 78.9 Å². The summed E-state index contributed by atoms with van der Waals surface area (Å²) in [6, 6.07) is 23.8. The molecule has 0 saturated carbocycles. The second kappa shape index (κ2) is 11.3. The van der Waals surface area contributed by atoms with E-state index in [0.717, 1.165) is 11.1 Å². The quantitative estimate of drug-likeness (QED) is 0.246. The number of carbonyl (C=O) groups is 1. The maximum atomic E-state index is 14.2. The molecule has 0 radical (unpaired) electrons. The lowest BCUT2D eigenvalue weighted by Gasteiger charge is -2.27. The van der Waals surface area contributed by atoms with Crippen molar-refractivity contribution >= 4 is 26.8 Å². The van der Waals surface area contributed by atoms with Crippen LogP contribution in [-0.4, -0.2) is 45.0 Å². The molecule has 2 aromatic heterocycles. The fourth-order valence-electron chi connectivity index (χ4n) is 5.05. The molecular formula is C32H25FN4O5S. The van der Waals surface area contributed by atoms with E-state index < -0.39 is 26.9 Å². The minimum Gasteiger partial charge on any atom is -0.478 e. The van der Waals surface area contributed by atoms with Crippen molar-refractivity contribution in [3.05, 3.63) is 113 Å². The molecule has 0 unspecified atom stereocenters. The van der Waals surface area contributed by atoms with Gasteiger partial charge < -0.3 is 14.4 Å².